The molecular weight excluding hydrogens is 514 g/mol. The van der Waals surface area contributed by atoms with Gasteiger partial charge in [0.2, 0.25) is 17.8 Å². The summed E-state index contributed by atoms with van der Waals surface area (Å²) < 4.78 is 29.5. The SMILES string of the molecule is C=C(NC(c1cnc(/N=C(/CCCC)C(C)=N)[nH]1)C1CCC(F)(F)CC1)c1ccnn1CC.O=C1CCCCN1. The van der Waals surface area contributed by atoms with Gasteiger partial charge in [-0.2, -0.15) is 5.10 Å². The van der Waals surface area contributed by atoms with Crippen molar-refractivity contribution in [2.45, 2.75) is 103 Å². The number of halogens is 2. The number of carbonyl (C=O) groups is 1. The Labute approximate surface area is 235 Å². The molecule has 1 amide bonds. The number of alkyl halides is 2. The number of piperidine rings is 1. The maximum Gasteiger partial charge on any atom is 0.248 e. The second kappa shape index (κ2) is 14.9. The maximum atomic E-state index is 13.8. The van der Waals surface area contributed by atoms with E-state index in [1.807, 2.05) is 17.7 Å². The van der Waals surface area contributed by atoms with E-state index in [1.54, 1.807) is 19.3 Å². The second-order valence-electron chi connectivity index (χ2n) is 10.6. The molecule has 9 nitrogen and oxygen atoms in total. The van der Waals surface area contributed by atoms with Gasteiger partial charge in [-0.25, -0.2) is 18.8 Å². The molecule has 4 rings (SSSR count). The summed E-state index contributed by atoms with van der Waals surface area (Å²) in [7, 11) is 0. The van der Waals surface area contributed by atoms with Crippen molar-refractivity contribution in [1.82, 2.24) is 30.4 Å². The Morgan fingerprint density at radius 3 is 2.65 bits per heavy atom. The van der Waals surface area contributed by atoms with Crippen LogP contribution in [0.3, 0.4) is 0 Å². The van der Waals surface area contributed by atoms with Crippen LogP contribution in [0, 0.1) is 11.3 Å². The lowest BCUT2D eigenvalue weighted by atomic mass is 9.81. The molecule has 2 aromatic rings. The zero-order chi connectivity index (χ0) is 29.1. The highest BCUT2D eigenvalue weighted by molar-refractivity contribution is 6.40. The first-order valence-corrected chi connectivity index (χ1v) is 14.4. The van der Waals surface area contributed by atoms with E-state index >= 15 is 0 Å². The number of aliphatic imine (C=N–C) groups is 1. The zero-order valence-electron chi connectivity index (χ0n) is 24.0. The van der Waals surface area contributed by atoms with E-state index in [1.165, 1.54) is 0 Å². The monoisotopic (exact) mass is 558 g/mol. The number of imidazole rings is 1. The first kappa shape index (κ1) is 31.2. The summed E-state index contributed by atoms with van der Waals surface area (Å²) in [6.07, 6.45) is 9.67. The predicted octanol–water partition coefficient (Wildman–Crippen LogP) is 6.34. The van der Waals surface area contributed by atoms with Crippen LogP contribution in [0.4, 0.5) is 14.7 Å². The normalized spacial score (nSPS) is 18.3. The van der Waals surface area contributed by atoms with E-state index in [0.29, 0.717) is 42.5 Å². The van der Waals surface area contributed by atoms with Crippen LogP contribution in [0.5, 0.6) is 0 Å². The number of carbonyl (C=O) groups excluding carboxylic acids is 1. The van der Waals surface area contributed by atoms with Crippen molar-refractivity contribution in [1.29, 1.82) is 5.41 Å². The van der Waals surface area contributed by atoms with Gasteiger partial charge in [0.05, 0.1) is 35.0 Å². The first-order valence-electron chi connectivity index (χ1n) is 14.4. The molecule has 1 aliphatic heterocycles. The largest absolute Gasteiger partial charge is 0.375 e. The second-order valence-corrected chi connectivity index (χ2v) is 10.6. The summed E-state index contributed by atoms with van der Waals surface area (Å²) in [5, 5.41) is 18.5. The standard InChI is InChI=1S/C24H35F2N7.C5H9NO/c1-5-7-8-19(16(3)27)31-23-28-15-20(32-23)22(18-9-12-24(25,26)13-10-18)30-17(4)21-11-14-29-33(21)6-2;7-5-3-1-2-4-6-5/h11,14-15,18,22,27,30H,4-10,12-13H2,1-3H3,(H,28,32);1-4H2,(H,6,7)/b27-16?,31-19-;. The average molecular weight is 559 g/mol. The number of hydrogen-bond donors (Lipinski definition) is 4. The molecule has 2 aromatic heterocycles. The molecule has 0 radical (unpaired) electrons. The van der Waals surface area contributed by atoms with Crippen molar-refractivity contribution in [3.05, 3.63) is 36.4 Å². The van der Waals surface area contributed by atoms with Crippen LogP contribution in [0.1, 0.15) is 102 Å². The van der Waals surface area contributed by atoms with Gasteiger partial charge in [0, 0.05) is 44.3 Å². The number of rotatable bonds is 11. The van der Waals surface area contributed by atoms with Crippen molar-refractivity contribution in [2.24, 2.45) is 10.9 Å². The highest BCUT2D eigenvalue weighted by atomic mass is 19.3. The zero-order valence-corrected chi connectivity index (χ0v) is 24.0. The molecule has 1 saturated carbocycles. The van der Waals surface area contributed by atoms with Crippen LogP contribution in [0.2, 0.25) is 0 Å². The van der Waals surface area contributed by atoms with Crippen molar-refractivity contribution in [3.8, 4) is 0 Å². The van der Waals surface area contributed by atoms with E-state index in [0.717, 1.165) is 56.5 Å². The third kappa shape index (κ3) is 9.09. The average Bonchev–Trinajstić information content (AvgIpc) is 3.60. The van der Waals surface area contributed by atoms with Gasteiger partial charge in [-0.15, -0.1) is 0 Å². The highest BCUT2D eigenvalue weighted by Gasteiger charge is 2.38. The lowest BCUT2D eigenvalue weighted by Crippen LogP contribution is -2.34. The van der Waals surface area contributed by atoms with Gasteiger partial charge in [0.25, 0.3) is 0 Å². The van der Waals surface area contributed by atoms with Gasteiger partial charge in [0.15, 0.2) is 0 Å². The number of nitrogens with one attached hydrogen (secondary N) is 4. The van der Waals surface area contributed by atoms with Gasteiger partial charge in [-0.3, -0.25) is 9.48 Å². The molecule has 220 valence electrons. The first-order chi connectivity index (χ1) is 19.1. The summed E-state index contributed by atoms with van der Waals surface area (Å²) >= 11 is 0. The fourth-order valence-corrected chi connectivity index (χ4v) is 5.01. The van der Waals surface area contributed by atoms with Gasteiger partial charge < -0.3 is 21.0 Å². The van der Waals surface area contributed by atoms with Crippen LogP contribution in [0.25, 0.3) is 5.70 Å². The predicted molar refractivity (Wildman–Crippen MR) is 155 cm³/mol. The summed E-state index contributed by atoms with van der Waals surface area (Å²) in [5.41, 5.74) is 3.46. The molecule has 11 heteroatoms. The molecule has 1 saturated heterocycles. The Morgan fingerprint density at radius 2 is 2.08 bits per heavy atom. The Morgan fingerprint density at radius 1 is 1.32 bits per heavy atom. The van der Waals surface area contributed by atoms with E-state index in [9.17, 15) is 13.6 Å². The van der Waals surface area contributed by atoms with Crippen LogP contribution in [-0.2, 0) is 11.3 Å². The number of unbranched alkanes of at least 4 members (excludes halogenated alkanes) is 1. The minimum absolute atomic E-state index is 0.000637. The molecule has 4 N–H and O–H groups in total. The molecule has 0 aromatic carbocycles. The number of H-pyrrole nitrogens is 1. The van der Waals surface area contributed by atoms with E-state index in [4.69, 9.17) is 5.41 Å². The summed E-state index contributed by atoms with van der Waals surface area (Å²) in [6, 6.07) is 1.63. The summed E-state index contributed by atoms with van der Waals surface area (Å²) in [4.78, 5) is 22.6. The van der Waals surface area contributed by atoms with Crippen LogP contribution in [-0.4, -0.2) is 49.5 Å². The number of aryl methyl sites for hydroxylation is 1. The molecule has 1 unspecified atom stereocenters. The summed E-state index contributed by atoms with van der Waals surface area (Å²) in [5.74, 6) is -1.95. The van der Waals surface area contributed by atoms with Crippen molar-refractivity contribution < 1.29 is 13.6 Å². The van der Waals surface area contributed by atoms with Gasteiger partial charge in [-0.1, -0.05) is 19.9 Å². The van der Waals surface area contributed by atoms with Crippen LogP contribution >= 0.6 is 0 Å². The minimum atomic E-state index is -2.60. The van der Waals surface area contributed by atoms with Crippen LogP contribution in [0.15, 0.2) is 30.0 Å². The Kier molecular flexibility index (Phi) is 11.6. The molecule has 0 bridgehead atoms. The molecule has 2 fully saturated rings. The minimum Gasteiger partial charge on any atom is -0.375 e. The Bertz CT molecular complexity index is 1150. The number of aromatic amines is 1. The number of hydrogen-bond acceptors (Lipinski definition) is 6. The van der Waals surface area contributed by atoms with E-state index in [2.05, 4.69) is 44.2 Å². The third-order valence-electron chi connectivity index (χ3n) is 7.40. The molecular formula is C29H44F2N8O. The Balaban J connectivity index is 0.000000547. The lowest BCUT2D eigenvalue weighted by molar-refractivity contribution is -0.122. The number of aromatic nitrogens is 4. The maximum absolute atomic E-state index is 13.8. The number of nitrogens with zero attached hydrogens (tertiary/aromatic N) is 4. The highest BCUT2D eigenvalue weighted by Crippen LogP contribution is 2.42. The Hall–Kier alpha value is -3.37. The van der Waals surface area contributed by atoms with Crippen molar-refractivity contribution >= 4 is 29.0 Å². The van der Waals surface area contributed by atoms with Crippen molar-refractivity contribution in [3.63, 3.8) is 0 Å². The summed E-state index contributed by atoms with van der Waals surface area (Å²) in [6.45, 7) is 11.6. The van der Waals surface area contributed by atoms with Crippen molar-refractivity contribution in [2.75, 3.05) is 6.54 Å². The molecule has 2 aliphatic rings. The fraction of sp³-hybridized carbons (Fsp3) is 0.621. The molecule has 3 heterocycles. The fourth-order valence-electron chi connectivity index (χ4n) is 5.01. The molecule has 0 spiro atoms. The van der Waals surface area contributed by atoms with E-state index < -0.39 is 5.92 Å². The smallest absolute Gasteiger partial charge is 0.248 e. The van der Waals surface area contributed by atoms with E-state index in [-0.39, 0.29) is 30.7 Å². The molecule has 40 heavy (non-hydrogen) atoms. The van der Waals surface area contributed by atoms with Crippen LogP contribution < -0.4 is 10.6 Å². The van der Waals surface area contributed by atoms with Gasteiger partial charge in [-0.05, 0) is 64.4 Å². The third-order valence-corrected chi connectivity index (χ3v) is 7.40. The quantitative estimate of drug-likeness (QED) is 0.240. The topological polar surface area (TPSA) is 124 Å². The molecule has 1 aliphatic carbocycles. The van der Waals surface area contributed by atoms with Gasteiger partial charge >= 0.3 is 0 Å². The van der Waals surface area contributed by atoms with Gasteiger partial charge in [0.1, 0.15) is 0 Å². The number of amides is 1. The molecule has 1 atom stereocenters. The lowest BCUT2D eigenvalue weighted by Gasteiger charge is -2.34.